The quantitative estimate of drug-likeness (QED) is 0.743. The third-order valence-corrected chi connectivity index (χ3v) is 3.18. The van der Waals surface area contributed by atoms with Crippen molar-refractivity contribution in [3.05, 3.63) is 35.8 Å². The molecule has 1 aliphatic rings. The average Bonchev–Trinajstić information content (AvgIpc) is 2.60. The summed E-state index contributed by atoms with van der Waals surface area (Å²) >= 11 is 0. The van der Waals surface area contributed by atoms with E-state index in [0.29, 0.717) is 17.0 Å². The summed E-state index contributed by atoms with van der Waals surface area (Å²) in [4.78, 5) is 15.7. The molecule has 1 aromatic heterocycles. The molecule has 0 bridgehead atoms. The first-order chi connectivity index (χ1) is 8.15. The van der Waals surface area contributed by atoms with Gasteiger partial charge in [-0.05, 0) is 12.1 Å². The Hall–Kier alpha value is -2.15. The number of allylic oxidation sites excluding steroid dienone is 2. The molecule has 0 spiro atoms. The zero-order chi connectivity index (χ0) is 12.4. The van der Waals surface area contributed by atoms with Crippen LogP contribution in [0.1, 0.15) is 19.5 Å². The Balaban J connectivity index is 2.50. The lowest BCUT2D eigenvalue weighted by Crippen LogP contribution is -2.17. The van der Waals surface area contributed by atoms with Crippen LogP contribution in [0.15, 0.2) is 30.1 Å². The van der Waals surface area contributed by atoms with Crippen LogP contribution in [-0.2, 0) is 4.79 Å². The molecule has 2 atom stereocenters. The van der Waals surface area contributed by atoms with E-state index >= 15 is 0 Å². The van der Waals surface area contributed by atoms with Crippen LogP contribution < -0.4 is 5.32 Å². The number of nitrogens with one attached hydrogen (secondary N) is 1. The minimum absolute atomic E-state index is 0.0270. The lowest BCUT2D eigenvalue weighted by Gasteiger charge is -2.09. The van der Waals surface area contributed by atoms with Crippen LogP contribution in [0.4, 0.5) is 0 Å². The lowest BCUT2D eigenvalue weighted by atomic mass is 9.94. The maximum Gasteiger partial charge on any atom is 0.227 e. The van der Waals surface area contributed by atoms with Gasteiger partial charge in [-0.25, -0.2) is 0 Å². The fraction of sp³-hybridized carbons (Fsp3) is 0.308. The highest BCUT2D eigenvalue weighted by Gasteiger charge is 2.34. The Morgan fingerprint density at radius 3 is 2.65 bits per heavy atom. The van der Waals surface area contributed by atoms with Gasteiger partial charge < -0.3 is 5.32 Å². The number of rotatable bonds is 1. The number of aromatic nitrogens is 1. The first kappa shape index (κ1) is 11.3. The molecule has 0 saturated carbocycles. The molecule has 1 aromatic rings. The normalized spacial score (nSPS) is 26.3. The minimum Gasteiger partial charge on any atom is -0.328 e. The highest BCUT2D eigenvalue weighted by molar-refractivity contribution is 5.90. The van der Waals surface area contributed by atoms with Crippen LogP contribution >= 0.6 is 0 Å². The maximum absolute atomic E-state index is 11.6. The predicted octanol–water partition coefficient (Wildman–Crippen LogP) is 1.72. The molecular weight excluding hydrogens is 214 g/mol. The number of hydrogen-bond acceptors (Lipinski definition) is 3. The summed E-state index contributed by atoms with van der Waals surface area (Å²) in [7, 11) is 0. The molecule has 17 heavy (non-hydrogen) atoms. The molecule has 2 heterocycles. The number of carbonyl (C=O) groups excluding carboxylic acids is 1. The minimum atomic E-state index is -0.0999. The van der Waals surface area contributed by atoms with Gasteiger partial charge in [0.25, 0.3) is 0 Å². The standard InChI is InChI=1S/C13H13N3O/c1-8-9(2)13(17)16-12(8)10(7-14)11-5-3-4-6-15-11/h3-6,8-9H,1-2H3,(H,16,17)/b12-10-. The first-order valence-corrected chi connectivity index (χ1v) is 5.51. The van der Waals surface area contributed by atoms with Gasteiger partial charge in [-0.1, -0.05) is 19.9 Å². The van der Waals surface area contributed by atoms with E-state index in [-0.39, 0.29) is 17.7 Å². The van der Waals surface area contributed by atoms with Gasteiger partial charge in [0.1, 0.15) is 6.07 Å². The van der Waals surface area contributed by atoms with Gasteiger partial charge in [0.05, 0.1) is 11.3 Å². The largest absolute Gasteiger partial charge is 0.328 e. The number of pyridine rings is 1. The number of amides is 1. The van der Waals surface area contributed by atoms with E-state index in [1.807, 2.05) is 19.9 Å². The van der Waals surface area contributed by atoms with Crippen LogP contribution in [-0.4, -0.2) is 10.9 Å². The van der Waals surface area contributed by atoms with Gasteiger partial charge >= 0.3 is 0 Å². The molecule has 4 nitrogen and oxygen atoms in total. The third kappa shape index (κ3) is 1.92. The van der Waals surface area contributed by atoms with Crippen LogP contribution in [0.3, 0.4) is 0 Å². The first-order valence-electron chi connectivity index (χ1n) is 5.51. The summed E-state index contributed by atoms with van der Waals surface area (Å²) in [6.45, 7) is 3.80. The molecule has 4 heteroatoms. The second-order valence-corrected chi connectivity index (χ2v) is 4.18. The van der Waals surface area contributed by atoms with Crippen LogP contribution in [0.25, 0.3) is 5.57 Å². The molecule has 1 saturated heterocycles. The van der Waals surface area contributed by atoms with Gasteiger partial charge in [0.2, 0.25) is 5.91 Å². The molecule has 0 radical (unpaired) electrons. The fourth-order valence-corrected chi connectivity index (χ4v) is 1.89. The second-order valence-electron chi connectivity index (χ2n) is 4.18. The molecule has 0 aliphatic carbocycles. The van der Waals surface area contributed by atoms with Crippen molar-refractivity contribution < 1.29 is 4.79 Å². The molecule has 1 aliphatic heterocycles. The summed E-state index contributed by atoms with van der Waals surface area (Å²) in [5.74, 6) is -0.104. The van der Waals surface area contributed by atoms with E-state index in [9.17, 15) is 10.1 Å². The van der Waals surface area contributed by atoms with Crippen molar-refractivity contribution >= 4 is 11.5 Å². The maximum atomic E-state index is 11.6. The Morgan fingerprint density at radius 2 is 2.18 bits per heavy atom. The number of hydrogen-bond donors (Lipinski definition) is 1. The number of nitrogens with zero attached hydrogens (tertiary/aromatic N) is 2. The average molecular weight is 227 g/mol. The van der Waals surface area contributed by atoms with Gasteiger partial charge in [-0.2, -0.15) is 5.26 Å². The van der Waals surface area contributed by atoms with Crippen LogP contribution in [0.5, 0.6) is 0 Å². The predicted molar refractivity (Wildman–Crippen MR) is 63.2 cm³/mol. The van der Waals surface area contributed by atoms with Crippen molar-refractivity contribution in [2.75, 3.05) is 0 Å². The highest BCUT2D eigenvalue weighted by Crippen LogP contribution is 2.30. The van der Waals surface area contributed by atoms with Crippen LogP contribution in [0, 0.1) is 23.2 Å². The molecule has 1 N–H and O–H groups in total. The highest BCUT2D eigenvalue weighted by atomic mass is 16.2. The molecule has 0 aromatic carbocycles. The van der Waals surface area contributed by atoms with E-state index in [1.165, 1.54) is 0 Å². The molecule has 1 fully saturated rings. The smallest absolute Gasteiger partial charge is 0.227 e. The lowest BCUT2D eigenvalue weighted by molar-refractivity contribution is -0.122. The van der Waals surface area contributed by atoms with Crippen molar-refractivity contribution in [1.82, 2.24) is 10.3 Å². The Morgan fingerprint density at radius 1 is 1.41 bits per heavy atom. The molecule has 86 valence electrons. The summed E-state index contributed by atoms with van der Waals surface area (Å²) in [5.41, 5.74) is 1.74. The molecule has 2 rings (SSSR count). The SMILES string of the molecule is CC1C(=O)N/C(=C(/C#N)c2ccccn2)C1C. The van der Waals surface area contributed by atoms with E-state index in [2.05, 4.69) is 16.4 Å². The Labute approximate surface area is 100.0 Å². The summed E-state index contributed by atoms with van der Waals surface area (Å²) < 4.78 is 0. The zero-order valence-corrected chi connectivity index (χ0v) is 9.77. The summed E-state index contributed by atoms with van der Waals surface area (Å²) in [6.07, 6.45) is 1.64. The molecule has 1 amide bonds. The van der Waals surface area contributed by atoms with Crippen LogP contribution in [0.2, 0.25) is 0 Å². The Kier molecular flexibility index (Phi) is 2.92. The van der Waals surface area contributed by atoms with Gasteiger partial charge in [0.15, 0.2) is 0 Å². The summed E-state index contributed by atoms with van der Waals surface area (Å²) in [5, 5.41) is 12.0. The van der Waals surface area contributed by atoms with E-state index in [1.54, 1.807) is 18.3 Å². The number of carbonyl (C=O) groups is 1. The monoisotopic (exact) mass is 227 g/mol. The van der Waals surface area contributed by atoms with Crippen molar-refractivity contribution in [2.45, 2.75) is 13.8 Å². The topological polar surface area (TPSA) is 65.8 Å². The van der Waals surface area contributed by atoms with Crippen molar-refractivity contribution in [1.29, 1.82) is 5.26 Å². The third-order valence-electron chi connectivity index (χ3n) is 3.18. The van der Waals surface area contributed by atoms with E-state index in [4.69, 9.17) is 0 Å². The van der Waals surface area contributed by atoms with E-state index in [0.717, 1.165) is 0 Å². The van der Waals surface area contributed by atoms with Gasteiger partial charge in [-0.15, -0.1) is 0 Å². The van der Waals surface area contributed by atoms with Crippen molar-refractivity contribution in [3.63, 3.8) is 0 Å². The van der Waals surface area contributed by atoms with Gasteiger partial charge in [-0.3, -0.25) is 9.78 Å². The van der Waals surface area contributed by atoms with Gasteiger partial charge in [0, 0.05) is 23.7 Å². The zero-order valence-electron chi connectivity index (χ0n) is 9.77. The fourth-order valence-electron chi connectivity index (χ4n) is 1.89. The second kappa shape index (κ2) is 4.38. The number of nitriles is 1. The summed E-state index contributed by atoms with van der Waals surface area (Å²) in [6, 6.07) is 7.52. The van der Waals surface area contributed by atoms with E-state index < -0.39 is 0 Å². The molecular formula is C13H13N3O. The Bertz CT molecular complexity index is 513. The van der Waals surface area contributed by atoms with Crippen molar-refractivity contribution in [3.8, 4) is 6.07 Å². The molecule has 2 unspecified atom stereocenters. The van der Waals surface area contributed by atoms with Crippen molar-refractivity contribution in [2.24, 2.45) is 11.8 Å².